The Morgan fingerprint density at radius 3 is 2.74 bits per heavy atom. The Morgan fingerprint density at radius 1 is 1.26 bits per heavy atom. The molecule has 1 N–H and O–H groups in total. The van der Waals surface area contributed by atoms with Crippen molar-refractivity contribution in [3.8, 4) is 11.8 Å². The van der Waals surface area contributed by atoms with Crippen LogP contribution in [0.25, 0.3) is 10.9 Å². The molecule has 0 aliphatic rings. The second-order valence-corrected chi connectivity index (χ2v) is 5.47. The average Bonchev–Trinajstić information content (AvgIpc) is 2.65. The minimum atomic E-state index is -2.94. The fourth-order valence-electron chi connectivity index (χ4n) is 2.56. The van der Waals surface area contributed by atoms with Crippen molar-refractivity contribution >= 4 is 22.4 Å². The number of nitro groups is 1. The van der Waals surface area contributed by atoms with Gasteiger partial charge in [0.1, 0.15) is 11.6 Å². The first-order valence-electron chi connectivity index (χ1n) is 7.74. The number of aromatic nitrogens is 1. The molecule has 3 aromatic rings. The maximum atomic E-state index is 12.5. The molecular weight excluding hydrogens is 358 g/mol. The SMILES string of the molecule is N#Cc1cc(NCc2ccccc2OC(F)F)nc2ccc([N+](=O)[O-])cc12. The average molecular weight is 370 g/mol. The van der Waals surface area contributed by atoms with Gasteiger partial charge in [-0.1, -0.05) is 18.2 Å². The predicted molar refractivity (Wildman–Crippen MR) is 93.5 cm³/mol. The summed E-state index contributed by atoms with van der Waals surface area (Å²) in [6.07, 6.45) is 0. The smallest absolute Gasteiger partial charge is 0.387 e. The van der Waals surface area contributed by atoms with Gasteiger partial charge in [-0.15, -0.1) is 0 Å². The lowest BCUT2D eigenvalue weighted by Gasteiger charge is -2.12. The molecular formula is C18H12F2N4O3. The molecule has 27 heavy (non-hydrogen) atoms. The Hall–Kier alpha value is -3.80. The monoisotopic (exact) mass is 370 g/mol. The number of pyridine rings is 1. The van der Waals surface area contributed by atoms with Crippen LogP contribution < -0.4 is 10.1 Å². The third-order valence-electron chi connectivity index (χ3n) is 3.77. The number of anilines is 1. The van der Waals surface area contributed by atoms with E-state index >= 15 is 0 Å². The number of non-ortho nitro benzene ring substituents is 1. The number of ether oxygens (including phenoxy) is 1. The van der Waals surface area contributed by atoms with Crippen molar-refractivity contribution in [2.24, 2.45) is 0 Å². The Balaban J connectivity index is 1.89. The van der Waals surface area contributed by atoms with Crippen LogP contribution in [0.2, 0.25) is 0 Å². The molecule has 0 atom stereocenters. The Labute approximate surface area is 152 Å². The molecule has 0 aliphatic heterocycles. The maximum absolute atomic E-state index is 12.5. The van der Waals surface area contributed by atoms with Crippen molar-refractivity contribution < 1.29 is 18.4 Å². The molecule has 0 amide bonds. The van der Waals surface area contributed by atoms with Gasteiger partial charge in [0.25, 0.3) is 5.69 Å². The van der Waals surface area contributed by atoms with E-state index in [9.17, 15) is 24.2 Å². The summed E-state index contributed by atoms with van der Waals surface area (Å²) in [5.74, 6) is 0.372. The number of halogens is 2. The second-order valence-electron chi connectivity index (χ2n) is 5.47. The summed E-state index contributed by atoms with van der Waals surface area (Å²) >= 11 is 0. The molecule has 0 aliphatic carbocycles. The third kappa shape index (κ3) is 4.07. The summed E-state index contributed by atoms with van der Waals surface area (Å²) in [5, 5.41) is 23.6. The van der Waals surface area contributed by atoms with E-state index in [1.807, 2.05) is 6.07 Å². The fraction of sp³-hybridized carbons (Fsp3) is 0.111. The van der Waals surface area contributed by atoms with Crippen molar-refractivity contribution in [3.63, 3.8) is 0 Å². The van der Waals surface area contributed by atoms with Gasteiger partial charge in [0, 0.05) is 29.6 Å². The van der Waals surface area contributed by atoms with Crippen LogP contribution >= 0.6 is 0 Å². The lowest BCUT2D eigenvalue weighted by atomic mass is 10.1. The van der Waals surface area contributed by atoms with Gasteiger partial charge >= 0.3 is 6.61 Å². The van der Waals surface area contributed by atoms with Crippen molar-refractivity contribution in [2.75, 3.05) is 5.32 Å². The number of benzene rings is 2. The van der Waals surface area contributed by atoms with E-state index in [0.29, 0.717) is 22.3 Å². The summed E-state index contributed by atoms with van der Waals surface area (Å²) in [6.45, 7) is -2.80. The van der Waals surface area contributed by atoms with Crippen molar-refractivity contribution in [3.05, 3.63) is 69.8 Å². The second kappa shape index (κ2) is 7.61. The minimum Gasteiger partial charge on any atom is -0.434 e. The van der Waals surface area contributed by atoms with Gasteiger partial charge in [-0.2, -0.15) is 14.0 Å². The molecule has 1 aromatic heterocycles. The lowest BCUT2D eigenvalue weighted by molar-refractivity contribution is -0.384. The number of nitro benzene ring substituents is 1. The van der Waals surface area contributed by atoms with Crippen LogP contribution in [0.4, 0.5) is 20.3 Å². The quantitative estimate of drug-likeness (QED) is 0.515. The zero-order valence-corrected chi connectivity index (χ0v) is 13.7. The van der Waals surface area contributed by atoms with E-state index in [1.165, 1.54) is 30.3 Å². The molecule has 136 valence electrons. The Morgan fingerprint density at radius 2 is 2.04 bits per heavy atom. The molecule has 0 radical (unpaired) electrons. The standard InChI is InChI=1S/C18H12F2N4O3/c19-18(20)27-16-4-2-1-3-11(16)10-22-17-7-12(9-21)14-8-13(24(25)26)5-6-15(14)23-17/h1-8,18H,10H2,(H,22,23). The van der Waals surface area contributed by atoms with Gasteiger partial charge in [-0.05, 0) is 18.2 Å². The number of hydrogen-bond donors (Lipinski definition) is 1. The lowest BCUT2D eigenvalue weighted by Crippen LogP contribution is -2.08. The molecule has 0 fully saturated rings. The molecule has 1 heterocycles. The number of fused-ring (bicyclic) bond motifs is 1. The van der Waals surface area contributed by atoms with Crippen LogP contribution in [0, 0.1) is 21.4 Å². The van der Waals surface area contributed by atoms with Crippen molar-refractivity contribution in [1.82, 2.24) is 4.98 Å². The summed E-state index contributed by atoms with van der Waals surface area (Å²) in [7, 11) is 0. The minimum absolute atomic E-state index is 0.0388. The molecule has 0 saturated heterocycles. The zero-order valence-electron chi connectivity index (χ0n) is 13.7. The van der Waals surface area contributed by atoms with Gasteiger partial charge in [0.05, 0.1) is 22.1 Å². The van der Waals surface area contributed by atoms with Crippen LogP contribution in [-0.4, -0.2) is 16.5 Å². The summed E-state index contributed by atoms with van der Waals surface area (Å²) in [5.41, 5.74) is 0.962. The van der Waals surface area contributed by atoms with E-state index in [-0.39, 0.29) is 23.5 Å². The number of rotatable bonds is 6. The Kier molecular flexibility index (Phi) is 5.08. The van der Waals surface area contributed by atoms with Gasteiger partial charge < -0.3 is 10.1 Å². The molecule has 0 spiro atoms. The van der Waals surface area contributed by atoms with Crippen LogP contribution in [0.15, 0.2) is 48.5 Å². The first-order chi connectivity index (χ1) is 13.0. The molecule has 3 rings (SSSR count). The first kappa shape index (κ1) is 18.0. The van der Waals surface area contributed by atoms with Crippen LogP contribution in [0.5, 0.6) is 5.75 Å². The van der Waals surface area contributed by atoms with Crippen molar-refractivity contribution in [2.45, 2.75) is 13.2 Å². The van der Waals surface area contributed by atoms with E-state index in [2.05, 4.69) is 15.0 Å². The topological polar surface area (TPSA) is 101 Å². The molecule has 7 nitrogen and oxygen atoms in total. The number of para-hydroxylation sites is 1. The van der Waals surface area contributed by atoms with Crippen LogP contribution in [0.3, 0.4) is 0 Å². The Bertz CT molecular complexity index is 1050. The maximum Gasteiger partial charge on any atom is 0.387 e. The number of hydrogen-bond acceptors (Lipinski definition) is 6. The highest BCUT2D eigenvalue weighted by Crippen LogP contribution is 2.26. The van der Waals surface area contributed by atoms with Gasteiger partial charge in [0.15, 0.2) is 0 Å². The molecule has 0 unspecified atom stereocenters. The fourth-order valence-corrected chi connectivity index (χ4v) is 2.56. The normalized spacial score (nSPS) is 10.6. The summed E-state index contributed by atoms with van der Waals surface area (Å²) in [4.78, 5) is 14.7. The number of nitrogens with one attached hydrogen (secondary N) is 1. The molecule has 9 heteroatoms. The van der Waals surface area contributed by atoms with Gasteiger partial charge in [-0.25, -0.2) is 4.98 Å². The van der Waals surface area contributed by atoms with E-state index in [4.69, 9.17) is 0 Å². The largest absolute Gasteiger partial charge is 0.434 e. The van der Waals surface area contributed by atoms with Crippen molar-refractivity contribution in [1.29, 1.82) is 5.26 Å². The molecule has 2 aromatic carbocycles. The summed E-state index contributed by atoms with van der Waals surface area (Å²) < 4.78 is 29.4. The molecule has 0 bridgehead atoms. The van der Waals surface area contributed by atoms with E-state index in [0.717, 1.165) is 0 Å². The van der Waals surface area contributed by atoms with Gasteiger partial charge in [0.2, 0.25) is 0 Å². The van der Waals surface area contributed by atoms with Crippen LogP contribution in [0.1, 0.15) is 11.1 Å². The highest BCUT2D eigenvalue weighted by Gasteiger charge is 2.13. The summed E-state index contributed by atoms with van der Waals surface area (Å²) in [6, 6.07) is 13.8. The predicted octanol–water partition coefficient (Wildman–Crippen LogP) is 4.23. The molecule has 0 saturated carbocycles. The van der Waals surface area contributed by atoms with E-state index < -0.39 is 11.5 Å². The number of nitriles is 1. The van der Waals surface area contributed by atoms with Gasteiger partial charge in [-0.3, -0.25) is 10.1 Å². The van der Waals surface area contributed by atoms with Crippen LogP contribution in [-0.2, 0) is 6.54 Å². The van der Waals surface area contributed by atoms with E-state index in [1.54, 1.807) is 18.2 Å². The third-order valence-corrected chi connectivity index (χ3v) is 3.77. The highest BCUT2D eigenvalue weighted by atomic mass is 19.3. The number of nitrogens with zero attached hydrogens (tertiary/aromatic N) is 3. The number of alkyl halides is 2. The zero-order chi connectivity index (χ0) is 19.4. The highest BCUT2D eigenvalue weighted by molar-refractivity contribution is 5.88. The first-order valence-corrected chi connectivity index (χ1v) is 7.74.